The quantitative estimate of drug-likeness (QED) is 0.627. The summed E-state index contributed by atoms with van der Waals surface area (Å²) < 4.78 is 0. The van der Waals surface area contributed by atoms with Crippen LogP contribution in [0.4, 0.5) is 0 Å². The number of nitrogens with zero attached hydrogens (tertiary/aromatic N) is 1. The van der Waals surface area contributed by atoms with Gasteiger partial charge in [-0.2, -0.15) is 0 Å². The van der Waals surface area contributed by atoms with Crippen LogP contribution in [0.1, 0.15) is 51.9 Å². The molecular weight excluding hydrogens is 238 g/mol. The molecule has 0 unspecified atom stereocenters. The molecule has 19 heavy (non-hydrogen) atoms. The third-order valence-electron chi connectivity index (χ3n) is 3.98. The molecule has 0 aromatic rings. The van der Waals surface area contributed by atoms with Crippen LogP contribution in [0, 0.1) is 5.92 Å². The summed E-state index contributed by atoms with van der Waals surface area (Å²) in [6.45, 7) is 7.28. The number of rotatable bonds is 9. The van der Waals surface area contributed by atoms with Gasteiger partial charge >= 0.3 is 0 Å². The summed E-state index contributed by atoms with van der Waals surface area (Å²) in [4.78, 5) is 14.1. The average Bonchev–Trinajstić information content (AvgIpc) is 2.41. The highest BCUT2D eigenvalue weighted by atomic mass is 16.1. The second-order valence-electron chi connectivity index (χ2n) is 5.83. The Labute approximate surface area is 118 Å². The van der Waals surface area contributed by atoms with Gasteiger partial charge in [-0.15, -0.1) is 0 Å². The average molecular weight is 269 g/mol. The van der Waals surface area contributed by atoms with E-state index in [0.29, 0.717) is 6.42 Å². The Hall–Kier alpha value is -0.610. The Morgan fingerprint density at radius 3 is 2.58 bits per heavy atom. The predicted octanol–water partition coefficient (Wildman–Crippen LogP) is 1.74. The lowest BCUT2D eigenvalue weighted by Gasteiger charge is -2.30. The van der Waals surface area contributed by atoms with Gasteiger partial charge in [0.15, 0.2) is 0 Å². The monoisotopic (exact) mass is 269 g/mol. The summed E-state index contributed by atoms with van der Waals surface area (Å²) in [5.74, 6) is 1.08. The lowest BCUT2D eigenvalue weighted by atomic mass is 9.99. The summed E-state index contributed by atoms with van der Waals surface area (Å²) in [6.07, 6.45) is 7.61. The van der Waals surface area contributed by atoms with Crippen molar-refractivity contribution >= 4 is 5.91 Å². The zero-order valence-electron chi connectivity index (χ0n) is 12.5. The first-order chi connectivity index (χ1) is 9.22. The van der Waals surface area contributed by atoms with Crippen molar-refractivity contribution in [2.45, 2.75) is 51.9 Å². The summed E-state index contributed by atoms with van der Waals surface area (Å²) in [7, 11) is 0. The Kier molecular flexibility index (Phi) is 8.84. The van der Waals surface area contributed by atoms with E-state index in [4.69, 9.17) is 5.73 Å². The molecular formula is C15H31N3O. The number of unbranched alkanes of at least 4 members (excludes halogenated alkanes) is 3. The first kappa shape index (κ1) is 16.4. The maximum absolute atomic E-state index is 11.6. The lowest BCUT2D eigenvalue weighted by molar-refractivity contribution is -0.121. The number of amides is 1. The molecule has 112 valence electrons. The minimum atomic E-state index is 0.207. The van der Waals surface area contributed by atoms with Crippen LogP contribution in [-0.4, -0.2) is 43.5 Å². The fourth-order valence-electron chi connectivity index (χ4n) is 2.51. The molecule has 0 bridgehead atoms. The second kappa shape index (κ2) is 10.2. The summed E-state index contributed by atoms with van der Waals surface area (Å²) in [6, 6.07) is 0. The van der Waals surface area contributed by atoms with E-state index in [1.165, 1.54) is 25.9 Å². The first-order valence-corrected chi connectivity index (χ1v) is 7.91. The molecule has 0 spiro atoms. The van der Waals surface area contributed by atoms with Crippen molar-refractivity contribution in [1.82, 2.24) is 10.2 Å². The minimum absolute atomic E-state index is 0.207. The highest BCUT2D eigenvalue weighted by Gasteiger charge is 2.14. The Morgan fingerprint density at radius 2 is 1.89 bits per heavy atom. The van der Waals surface area contributed by atoms with E-state index in [2.05, 4.69) is 17.1 Å². The largest absolute Gasteiger partial charge is 0.355 e. The van der Waals surface area contributed by atoms with Crippen LogP contribution in [0.2, 0.25) is 0 Å². The summed E-state index contributed by atoms with van der Waals surface area (Å²) in [5, 5.41) is 3.03. The number of nitrogens with two attached hydrogens (primary N) is 1. The zero-order chi connectivity index (χ0) is 13.9. The smallest absolute Gasteiger partial charge is 0.220 e. The summed E-state index contributed by atoms with van der Waals surface area (Å²) in [5.41, 5.74) is 5.43. The number of carbonyl (C=O) groups excluding carboxylic acids is 1. The number of hydrogen-bond acceptors (Lipinski definition) is 3. The van der Waals surface area contributed by atoms with Gasteiger partial charge in [-0.05, 0) is 51.2 Å². The van der Waals surface area contributed by atoms with Crippen molar-refractivity contribution in [1.29, 1.82) is 0 Å². The highest BCUT2D eigenvalue weighted by Crippen LogP contribution is 2.15. The van der Waals surface area contributed by atoms with E-state index < -0.39 is 0 Å². The van der Waals surface area contributed by atoms with Gasteiger partial charge < -0.3 is 16.0 Å². The van der Waals surface area contributed by atoms with E-state index in [1.807, 2.05) is 0 Å². The van der Waals surface area contributed by atoms with Crippen molar-refractivity contribution in [3.05, 3.63) is 0 Å². The van der Waals surface area contributed by atoms with Crippen molar-refractivity contribution in [2.24, 2.45) is 11.7 Å². The maximum Gasteiger partial charge on any atom is 0.220 e. The molecule has 4 nitrogen and oxygen atoms in total. The van der Waals surface area contributed by atoms with Gasteiger partial charge in [0.1, 0.15) is 0 Å². The third-order valence-corrected chi connectivity index (χ3v) is 3.98. The van der Waals surface area contributed by atoms with Gasteiger partial charge in [-0.3, -0.25) is 4.79 Å². The molecule has 0 radical (unpaired) electrons. The molecule has 1 aliphatic heterocycles. The van der Waals surface area contributed by atoms with Crippen molar-refractivity contribution in [3.8, 4) is 0 Å². The van der Waals surface area contributed by atoms with Crippen LogP contribution in [0.3, 0.4) is 0 Å². The normalized spacial score (nSPS) is 17.6. The SMILES string of the molecule is CC1CCN(CCNC(=O)CCCCCCN)CC1. The van der Waals surface area contributed by atoms with Gasteiger partial charge in [-0.1, -0.05) is 19.8 Å². The molecule has 0 saturated carbocycles. The van der Waals surface area contributed by atoms with Crippen LogP contribution < -0.4 is 11.1 Å². The van der Waals surface area contributed by atoms with Crippen LogP contribution in [0.25, 0.3) is 0 Å². The third kappa shape index (κ3) is 8.22. The number of hydrogen-bond donors (Lipinski definition) is 2. The molecule has 0 aromatic heterocycles. The standard InChI is InChI=1S/C15H31N3O/c1-14-7-11-18(12-8-14)13-10-17-15(19)6-4-2-3-5-9-16/h14H,2-13,16H2,1H3,(H,17,19). The molecule has 1 saturated heterocycles. The topological polar surface area (TPSA) is 58.4 Å². The summed E-state index contributed by atoms with van der Waals surface area (Å²) >= 11 is 0. The minimum Gasteiger partial charge on any atom is -0.355 e. The number of nitrogens with one attached hydrogen (secondary N) is 1. The molecule has 1 fully saturated rings. The van der Waals surface area contributed by atoms with Crippen molar-refractivity contribution in [3.63, 3.8) is 0 Å². The van der Waals surface area contributed by atoms with Gasteiger partial charge in [0.25, 0.3) is 0 Å². The van der Waals surface area contributed by atoms with Crippen molar-refractivity contribution in [2.75, 3.05) is 32.7 Å². The Bertz CT molecular complexity index is 238. The molecule has 0 aromatic carbocycles. The van der Waals surface area contributed by atoms with Crippen LogP contribution in [-0.2, 0) is 4.79 Å². The van der Waals surface area contributed by atoms with Crippen LogP contribution in [0.5, 0.6) is 0 Å². The molecule has 1 aliphatic rings. The fourth-order valence-corrected chi connectivity index (χ4v) is 2.51. The van der Waals surface area contributed by atoms with E-state index in [-0.39, 0.29) is 5.91 Å². The highest BCUT2D eigenvalue weighted by molar-refractivity contribution is 5.75. The van der Waals surface area contributed by atoms with Gasteiger partial charge in [0.2, 0.25) is 5.91 Å². The van der Waals surface area contributed by atoms with Gasteiger partial charge in [0.05, 0.1) is 0 Å². The number of likely N-dealkylation sites (tertiary alicyclic amines) is 1. The van der Waals surface area contributed by atoms with Crippen LogP contribution in [0.15, 0.2) is 0 Å². The van der Waals surface area contributed by atoms with E-state index in [1.54, 1.807) is 0 Å². The van der Waals surface area contributed by atoms with Gasteiger partial charge in [-0.25, -0.2) is 0 Å². The Morgan fingerprint density at radius 1 is 1.21 bits per heavy atom. The molecule has 1 rings (SSSR count). The van der Waals surface area contributed by atoms with Gasteiger partial charge in [0, 0.05) is 19.5 Å². The molecule has 4 heteroatoms. The Balaban J connectivity index is 1.92. The zero-order valence-corrected chi connectivity index (χ0v) is 12.5. The predicted molar refractivity (Wildman–Crippen MR) is 80.0 cm³/mol. The van der Waals surface area contributed by atoms with E-state index >= 15 is 0 Å². The first-order valence-electron chi connectivity index (χ1n) is 7.91. The molecule has 3 N–H and O–H groups in total. The molecule has 1 amide bonds. The fraction of sp³-hybridized carbons (Fsp3) is 0.933. The van der Waals surface area contributed by atoms with E-state index in [9.17, 15) is 4.79 Å². The molecule has 0 atom stereocenters. The second-order valence-corrected chi connectivity index (χ2v) is 5.83. The number of carbonyl (C=O) groups is 1. The van der Waals surface area contributed by atoms with E-state index in [0.717, 1.165) is 51.2 Å². The lowest BCUT2D eigenvalue weighted by Crippen LogP contribution is -2.39. The molecule has 1 heterocycles. The maximum atomic E-state index is 11.6. The molecule has 0 aliphatic carbocycles. The van der Waals surface area contributed by atoms with Crippen LogP contribution >= 0.6 is 0 Å². The van der Waals surface area contributed by atoms with Crippen molar-refractivity contribution < 1.29 is 4.79 Å². The number of piperidine rings is 1.